The molecule has 25 heavy (non-hydrogen) atoms. The summed E-state index contributed by atoms with van der Waals surface area (Å²) >= 11 is 0. The summed E-state index contributed by atoms with van der Waals surface area (Å²) in [7, 11) is 0. The summed E-state index contributed by atoms with van der Waals surface area (Å²) in [5, 5.41) is 8.84. The second-order valence-corrected chi connectivity index (χ2v) is 6.72. The highest BCUT2D eigenvalue weighted by atomic mass is 16.2. The van der Waals surface area contributed by atoms with Crippen molar-refractivity contribution in [3.05, 3.63) is 35.4 Å². The summed E-state index contributed by atoms with van der Waals surface area (Å²) < 4.78 is 0. The lowest BCUT2D eigenvalue weighted by molar-refractivity contribution is -0.138. The standard InChI is InChI=1S/C18H18N4O3/c19-10-12-3-5-13(6-4-12)11-20-9-7-15(16(20)23)22-17(24)14-2-1-8-21(14)18(22)25/h3-6,14-15H,1-2,7-9,11H2/t14-,15+/m0/s1. The Balaban J connectivity index is 1.47. The zero-order chi connectivity index (χ0) is 17.6. The van der Waals surface area contributed by atoms with E-state index >= 15 is 0 Å². The molecule has 7 heteroatoms. The van der Waals surface area contributed by atoms with E-state index in [9.17, 15) is 14.4 Å². The lowest BCUT2D eigenvalue weighted by Gasteiger charge is -2.22. The van der Waals surface area contributed by atoms with Crippen molar-refractivity contribution in [2.75, 3.05) is 13.1 Å². The molecule has 0 aliphatic carbocycles. The molecule has 4 rings (SSSR count). The highest BCUT2D eigenvalue weighted by Crippen LogP contribution is 2.31. The molecule has 0 aromatic heterocycles. The molecule has 0 bridgehead atoms. The average molecular weight is 338 g/mol. The first-order valence-electron chi connectivity index (χ1n) is 8.51. The third kappa shape index (κ3) is 2.45. The highest BCUT2D eigenvalue weighted by Gasteiger charge is 2.53. The van der Waals surface area contributed by atoms with E-state index in [1.165, 1.54) is 4.90 Å². The van der Waals surface area contributed by atoms with Crippen LogP contribution < -0.4 is 0 Å². The van der Waals surface area contributed by atoms with E-state index in [0.29, 0.717) is 38.0 Å². The Labute approximate surface area is 145 Å². The van der Waals surface area contributed by atoms with Gasteiger partial charge in [-0.15, -0.1) is 0 Å². The minimum absolute atomic E-state index is 0.174. The summed E-state index contributed by atoms with van der Waals surface area (Å²) in [5.41, 5.74) is 1.50. The molecule has 0 saturated carbocycles. The molecule has 3 aliphatic rings. The van der Waals surface area contributed by atoms with Gasteiger partial charge in [-0.25, -0.2) is 9.69 Å². The van der Waals surface area contributed by atoms with Gasteiger partial charge in [0.25, 0.3) is 5.91 Å². The molecule has 1 aromatic rings. The average Bonchev–Trinajstić information content (AvgIpc) is 3.29. The minimum atomic E-state index is -0.677. The molecule has 0 radical (unpaired) electrons. The van der Waals surface area contributed by atoms with E-state index in [0.717, 1.165) is 12.0 Å². The maximum Gasteiger partial charge on any atom is 0.328 e. The van der Waals surface area contributed by atoms with Gasteiger partial charge in [0, 0.05) is 19.6 Å². The van der Waals surface area contributed by atoms with Crippen molar-refractivity contribution in [3.63, 3.8) is 0 Å². The van der Waals surface area contributed by atoms with Crippen molar-refractivity contribution in [2.45, 2.75) is 37.9 Å². The van der Waals surface area contributed by atoms with Crippen molar-refractivity contribution in [1.82, 2.24) is 14.7 Å². The fraction of sp³-hybridized carbons (Fsp3) is 0.444. The lowest BCUT2D eigenvalue weighted by Crippen LogP contribution is -2.46. The second kappa shape index (κ2) is 5.88. The smallest absolute Gasteiger partial charge is 0.328 e. The Morgan fingerprint density at radius 2 is 1.76 bits per heavy atom. The van der Waals surface area contributed by atoms with Gasteiger partial charge in [-0.05, 0) is 37.0 Å². The quantitative estimate of drug-likeness (QED) is 0.772. The van der Waals surface area contributed by atoms with Crippen molar-refractivity contribution in [2.24, 2.45) is 0 Å². The van der Waals surface area contributed by atoms with Gasteiger partial charge in [0.2, 0.25) is 5.91 Å². The number of nitriles is 1. The number of hydrogen-bond donors (Lipinski definition) is 0. The molecule has 7 nitrogen and oxygen atoms in total. The van der Waals surface area contributed by atoms with Gasteiger partial charge in [0.05, 0.1) is 11.6 Å². The maximum absolute atomic E-state index is 12.7. The Morgan fingerprint density at radius 1 is 1.00 bits per heavy atom. The lowest BCUT2D eigenvalue weighted by atomic mass is 10.1. The first-order valence-corrected chi connectivity index (χ1v) is 8.51. The minimum Gasteiger partial charge on any atom is -0.336 e. The van der Waals surface area contributed by atoms with Gasteiger partial charge in [-0.1, -0.05) is 12.1 Å². The van der Waals surface area contributed by atoms with Crippen LogP contribution in [0.4, 0.5) is 4.79 Å². The molecule has 3 fully saturated rings. The number of rotatable bonds is 3. The zero-order valence-corrected chi connectivity index (χ0v) is 13.7. The van der Waals surface area contributed by atoms with Crippen LogP contribution in [0.3, 0.4) is 0 Å². The fourth-order valence-electron chi connectivity index (χ4n) is 3.96. The normalized spacial score (nSPS) is 25.7. The third-order valence-corrected chi connectivity index (χ3v) is 5.26. The zero-order valence-electron chi connectivity index (χ0n) is 13.7. The van der Waals surface area contributed by atoms with Crippen LogP contribution in [0.25, 0.3) is 0 Å². The summed E-state index contributed by atoms with van der Waals surface area (Å²) in [6.07, 6.45) is 2.02. The molecule has 128 valence electrons. The number of hydrogen-bond acceptors (Lipinski definition) is 4. The maximum atomic E-state index is 12.7. The number of fused-ring (bicyclic) bond motifs is 1. The first kappa shape index (κ1) is 15.6. The number of urea groups is 1. The van der Waals surface area contributed by atoms with Crippen LogP contribution in [0, 0.1) is 11.3 Å². The Hall–Kier alpha value is -2.88. The first-order chi connectivity index (χ1) is 12.1. The molecule has 0 spiro atoms. The molecule has 3 saturated heterocycles. The van der Waals surface area contributed by atoms with Gasteiger partial charge >= 0.3 is 6.03 Å². The molecule has 1 aromatic carbocycles. The Morgan fingerprint density at radius 3 is 2.44 bits per heavy atom. The Bertz CT molecular complexity index is 761. The number of likely N-dealkylation sites (tertiary alicyclic amines) is 1. The molecule has 0 N–H and O–H groups in total. The largest absolute Gasteiger partial charge is 0.336 e. The van der Waals surface area contributed by atoms with Crippen molar-refractivity contribution in [3.8, 4) is 6.07 Å². The molecular weight excluding hydrogens is 320 g/mol. The third-order valence-electron chi connectivity index (χ3n) is 5.26. The van der Waals surface area contributed by atoms with Gasteiger partial charge < -0.3 is 9.80 Å². The van der Waals surface area contributed by atoms with E-state index in [2.05, 4.69) is 6.07 Å². The predicted molar refractivity (Wildman–Crippen MR) is 86.9 cm³/mol. The summed E-state index contributed by atoms with van der Waals surface area (Å²) in [4.78, 5) is 42.2. The van der Waals surface area contributed by atoms with E-state index in [-0.39, 0.29) is 23.9 Å². The number of carbonyl (C=O) groups excluding carboxylic acids is 3. The van der Waals surface area contributed by atoms with Crippen LogP contribution in [-0.4, -0.2) is 57.7 Å². The number of amides is 4. The van der Waals surface area contributed by atoms with Crippen molar-refractivity contribution >= 4 is 17.8 Å². The fourth-order valence-corrected chi connectivity index (χ4v) is 3.96. The van der Waals surface area contributed by atoms with E-state index < -0.39 is 6.04 Å². The molecule has 3 heterocycles. The van der Waals surface area contributed by atoms with Gasteiger partial charge in [0.1, 0.15) is 12.1 Å². The molecule has 0 unspecified atom stereocenters. The monoisotopic (exact) mass is 338 g/mol. The topological polar surface area (TPSA) is 84.7 Å². The highest BCUT2D eigenvalue weighted by molar-refractivity contribution is 6.08. The van der Waals surface area contributed by atoms with Gasteiger partial charge in [-0.2, -0.15) is 5.26 Å². The van der Waals surface area contributed by atoms with Crippen LogP contribution in [-0.2, 0) is 16.1 Å². The number of nitrogens with zero attached hydrogens (tertiary/aromatic N) is 4. The SMILES string of the molecule is N#Cc1ccc(CN2CC[C@@H](N3C(=O)[C@@H]4CCCN4C3=O)C2=O)cc1. The summed E-state index contributed by atoms with van der Waals surface area (Å²) in [6, 6.07) is 7.78. The van der Waals surface area contributed by atoms with Gasteiger partial charge in [-0.3, -0.25) is 9.59 Å². The molecule has 2 atom stereocenters. The second-order valence-electron chi connectivity index (χ2n) is 6.72. The van der Waals surface area contributed by atoms with Crippen LogP contribution >= 0.6 is 0 Å². The van der Waals surface area contributed by atoms with Crippen molar-refractivity contribution in [1.29, 1.82) is 5.26 Å². The van der Waals surface area contributed by atoms with Crippen LogP contribution in [0.2, 0.25) is 0 Å². The van der Waals surface area contributed by atoms with E-state index in [1.54, 1.807) is 21.9 Å². The molecule has 4 amide bonds. The van der Waals surface area contributed by atoms with Crippen LogP contribution in [0.15, 0.2) is 24.3 Å². The van der Waals surface area contributed by atoms with Crippen molar-refractivity contribution < 1.29 is 14.4 Å². The van der Waals surface area contributed by atoms with Crippen LogP contribution in [0.5, 0.6) is 0 Å². The van der Waals surface area contributed by atoms with E-state index in [4.69, 9.17) is 5.26 Å². The summed E-state index contributed by atoms with van der Waals surface area (Å²) in [6.45, 7) is 1.54. The number of benzene rings is 1. The van der Waals surface area contributed by atoms with Gasteiger partial charge in [0.15, 0.2) is 0 Å². The predicted octanol–water partition coefficient (Wildman–Crippen LogP) is 1.09. The number of carbonyl (C=O) groups is 3. The summed E-state index contributed by atoms with van der Waals surface area (Å²) in [5.74, 6) is -0.395. The number of imide groups is 1. The molecule has 3 aliphatic heterocycles. The van der Waals surface area contributed by atoms with Crippen LogP contribution in [0.1, 0.15) is 30.4 Å². The van der Waals surface area contributed by atoms with E-state index in [1.807, 2.05) is 12.1 Å². The Kier molecular flexibility index (Phi) is 3.68. The molecular formula is C18H18N4O3.